The molecule has 0 bridgehead atoms. The summed E-state index contributed by atoms with van der Waals surface area (Å²) in [5, 5.41) is 2.66. The molecule has 1 amide bonds. The Kier molecular flexibility index (Phi) is 10.3. The fourth-order valence-corrected chi connectivity index (χ4v) is 3.44. The standard InChI is InChI=1S/C23H33Br2NO8/c1-21(2,3)32-18(27)26-11-10-13-12-14(24)16(30-19(28)33-22(4,5)6)17(15(13)25)31-20(29)34-23(7,8)9/h12H,10-11H2,1-9H3,(H,26,27). The van der Waals surface area contributed by atoms with E-state index < -0.39 is 35.2 Å². The Labute approximate surface area is 217 Å². The molecule has 0 unspecified atom stereocenters. The first-order valence-corrected chi connectivity index (χ1v) is 12.2. The van der Waals surface area contributed by atoms with Crippen molar-refractivity contribution < 1.29 is 38.1 Å². The van der Waals surface area contributed by atoms with E-state index in [-0.39, 0.29) is 18.0 Å². The van der Waals surface area contributed by atoms with Crippen molar-refractivity contribution in [3.8, 4) is 11.5 Å². The molecule has 0 fully saturated rings. The summed E-state index contributed by atoms with van der Waals surface area (Å²) in [6.45, 7) is 15.7. The van der Waals surface area contributed by atoms with Gasteiger partial charge in [-0.1, -0.05) is 0 Å². The maximum absolute atomic E-state index is 12.4. The highest BCUT2D eigenvalue weighted by molar-refractivity contribution is 9.11. The molecule has 0 aliphatic carbocycles. The molecule has 0 saturated carbocycles. The van der Waals surface area contributed by atoms with Gasteiger partial charge in [-0.15, -0.1) is 0 Å². The van der Waals surface area contributed by atoms with Crippen molar-refractivity contribution >= 4 is 50.3 Å². The minimum absolute atomic E-state index is 0.0733. The lowest BCUT2D eigenvalue weighted by atomic mass is 10.1. The molecule has 192 valence electrons. The fourth-order valence-electron chi connectivity index (χ4n) is 2.33. The smallest absolute Gasteiger partial charge is 0.444 e. The van der Waals surface area contributed by atoms with E-state index in [1.807, 2.05) is 0 Å². The highest BCUT2D eigenvalue weighted by atomic mass is 79.9. The summed E-state index contributed by atoms with van der Waals surface area (Å²) in [7, 11) is 0. The van der Waals surface area contributed by atoms with Crippen LogP contribution in [0.1, 0.15) is 67.9 Å². The van der Waals surface area contributed by atoms with Gasteiger partial charge < -0.3 is 29.0 Å². The van der Waals surface area contributed by atoms with Gasteiger partial charge in [0.05, 0.1) is 8.95 Å². The average molecular weight is 611 g/mol. The van der Waals surface area contributed by atoms with Crippen LogP contribution in [-0.2, 0) is 20.6 Å². The van der Waals surface area contributed by atoms with E-state index in [1.165, 1.54) is 0 Å². The minimum Gasteiger partial charge on any atom is -0.444 e. The molecule has 1 aromatic carbocycles. The number of amides is 1. The first-order chi connectivity index (χ1) is 15.3. The van der Waals surface area contributed by atoms with Crippen LogP contribution in [0.3, 0.4) is 0 Å². The number of rotatable bonds is 5. The number of ether oxygens (including phenoxy) is 5. The van der Waals surface area contributed by atoms with E-state index in [2.05, 4.69) is 37.2 Å². The first-order valence-electron chi connectivity index (χ1n) is 10.6. The van der Waals surface area contributed by atoms with Crippen LogP contribution in [0.25, 0.3) is 0 Å². The van der Waals surface area contributed by atoms with Gasteiger partial charge in [-0.05, 0) is 112 Å². The van der Waals surface area contributed by atoms with Crippen LogP contribution in [-0.4, -0.2) is 41.8 Å². The van der Waals surface area contributed by atoms with Crippen LogP contribution in [0.4, 0.5) is 14.4 Å². The van der Waals surface area contributed by atoms with Gasteiger partial charge in [-0.3, -0.25) is 0 Å². The van der Waals surface area contributed by atoms with E-state index in [4.69, 9.17) is 23.7 Å². The molecule has 1 rings (SSSR count). The number of carbonyl (C=O) groups excluding carboxylic acids is 3. The van der Waals surface area contributed by atoms with Crippen molar-refractivity contribution in [1.29, 1.82) is 0 Å². The maximum atomic E-state index is 12.4. The molecule has 0 saturated heterocycles. The summed E-state index contributed by atoms with van der Waals surface area (Å²) in [6, 6.07) is 1.67. The largest absolute Gasteiger partial charge is 0.514 e. The lowest BCUT2D eigenvalue weighted by Gasteiger charge is -2.22. The average Bonchev–Trinajstić information content (AvgIpc) is 2.57. The summed E-state index contributed by atoms with van der Waals surface area (Å²) >= 11 is 6.77. The Morgan fingerprint density at radius 1 is 0.765 bits per heavy atom. The molecule has 1 aromatic rings. The second-order valence-electron chi connectivity index (χ2n) is 10.3. The second kappa shape index (κ2) is 11.6. The Morgan fingerprint density at radius 3 is 1.65 bits per heavy atom. The maximum Gasteiger partial charge on any atom is 0.514 e. The normalized spacial score (nSPS) is 12.0. The van der Waals surface area contributed by atoms with Crippen LogP contribution in [0.15, 0.2) is 15.0 Å². The number of carbonyl (C=O) groups is 3. The van der Waals surface area contributed by atoms with Crippen molar-refractivity contribution in [3.63, 3.8) is 0 Å². The third-order valence-electron chi connectivity index (χ3n) is 3.42. The van der Waals surface area contributed by atoms with Gasteiger partial charge in [-0.25, -0.2) is 14.4 Å². The van der Waals surface area contributed by atoms with E-state index in [9.17, 15) is 14.4 Å². The predicted molar refractivity (Wildman–Crippen MR) is 134 cm³/mol. The topological polar surface area (TPSA) is 109 Å². The first kappa shape index (κ1) is 30.0. The second-order valence-corrected chi connectivity index (χ2v) is 11.9. The van der Waals surface area contributed by atoms with E-state index >= 15 is 0 Å². The molecule has 0 heterocycles. The minimum atomic E-state index is -0.988. The summed E-state index contributed by atoms with van der Waals surface area (Å²) in [5.74, 6) is -0.155. The van der Waals surface area contributed by atoms with Gasteiger partial charge in [0.2, 0.25) is 0 Å². The number of hydrogen-bond acceptors (Lipinski definition) is 8. The molecule has 34 heavy (non-hydrogen) atoms. The van der Waals surface area contributed by atoms with Crippen LogP contribution < -0.4 is 14.8 Å². The zero-order chi connectivity index (χ0) is 26.5. The third-order valence-corrected chi connectivity index (χ3v) is 4.88. The quantitative estimate of drug-likeness (QED) is 0.218. The predicted octanol–water partition coefficient (Wildman–Crippen LogP) is 6.91. The van der Waals surface area contributed by atoms with Gasteiger partial charge in [0.25, 0.3) is 0 Å². The van der Waals surface area contributed by atoms with Crippen molar-refractivity contribution in [2.75, 3.05) is 6.54 Å². The molecule has 0 aliphatic rings. The van der Waals surface area contributed by atoms with Gasteiger partial charge >= 0.3 is 18.4 Å². The Hall–Kier alpha value is -2.01. The summed E-state index contributed by atoms with van der Waals surface area (Å²) in [5.41, 5.74) is -1.57. The molecule has 11 heteroatoms. The number of hydrogen-bond donors (Lipinski definition) is 1. The number of alkyl carbamates (subject to hydrolysis) is 1. The van der Waals surface area contributed by atoms with Crippen molar-refractivity contribution in [3.05, 3.63) is 20.6 Å². The van der Waals surface area contributed by atoms with Crippen LogP contribution in [0.5, 0.6) is 11.5 Å². The number of halogens is 2. The Bertz CT molecular complexity index is 912. The molecule has 0 aromatic heterocycles. The lowest BCUT2D eigenvalue weighted by molar-refractivity contribution is 0.0135. The van der Waals surface area contributed by atoms with Crippen molar-refractivity contribution in [2.45, 2.75) is 85.5 Å². The molecule has 0 atom stereocenters. The highest BCUT2D eigenvalue weighted by Gasteiger charge is 2.28. The van der Waals surface area contributed by atoms with Gasteiger partial charge in [0.15, 0.2) is 11.5 Å². The molecule has 9 nitrogen and oxygen atoms in total. The molecule has 0 spiro atoms. The lowest BCUT2D eigenvalue weighted by Crippen LogP contribution is -2.33. The van der Waals surface area contributed by atoms with Gasteiger partial charge in [-0.2, -0.15) is 0 Å². The van der Waals surface area contributed by atoms with E-state index in [1.54, 1.807) is 68.4 Å². The zero-order valence-electron chi connectivity index (χ0n) is 21.0. The van der Waals surface area contributed by atoms with Crippen molar-refractivity contribution in [2.24, 2.45) is 0 Å². The molecular weight excluding hydrogens is 578 g/mol. The summed E-state index contributed by atoms with van der Waals surface area (Å²) < 4.78 is 27.1. The molecular formula is C23H33Br2NO8. The molecule has 0 radical (unpaired) electrons. The molecule has 1 N–H and O–H groups in total. The Morgan fingerprint density at radius 2 is 1.21 bits per heavy atom. The SMILES string of the molecule is CC(C)(C)OC(=O)NCCc1cc(Br)c(OC(=O)OC(C)(C)C)c(OC(=O)OC(C)(C)C)c1Br. The van der Waals surface area contributed by atoms with Crippen LogP contribution >= 0.6 is 31.9 Å². The molecule has 0 aliphatic heterocycles. The summed E-state index contributed by atoms with van der Waals surface area (Å²) in [6.07, 6.45) is -2.18. The third kappa shape index (κ3) is 11.4. The van der Waals surface area contributed by atoms with E-state index in [0.717, 1.165) is 0 Å². The highest BCUT2D eigenvalue weighted by Crippen LogP contribution is 2.44. The number of nitrogens with one attached hydrogen (secondary N) is 1. The van der Waals surface area contributed by atoms with Gasteiger partial charge in [0.1, 0.15) is 16.8 Å². The monoisotopic (exact) mass is 609 g/mol. The fraction of sp³-hybridized carbons (Fsp3) is 0.609. The van der Waals surface area contributed by atoms with Crippen LogP contribution in [0, 0.1) is 0 Å². The van der Waals surface area contributed by atoms with Crippen LogP contribution in [0.2, 0.25) is 0 Å². The summed E-state index contributed by atoms with van der Waals surface area (Å²) in [4.78, 5) is 36.6. The number of benzene rings is 1. The van der Waals surface area contributed by atoms with Gasteiger partial charge in [0, 0.05) is 6.54 Å². The zero-order valence-corrected chi connectivity index (χ0v) is 24.2. The van der Waals surface area contributed by atoms with Crippen molar-refractivity contribution in [1.82, 2.24) is 5.32 Å². The Balaban J connectivity index is 3.21. The van der Waals surface area contributed by atoms with E-state index in [0.29, 0.717) is 20.9 Å².